The molecular formula is C25H32N2O5S2. The summed E-state index contributed by atoms with van der Waals surface area (Å²) in [5, 5.41) is 5.51. The van der Waals surface area contributed by atoms with Gasteiger partial charge >= 0.3 is 12.0 Å². The molecule has 2 amide bonds. The van der Waals surface area contributed by atoms with Crippen LogP contribution in [-0.2, 0) is 19.4 Å². The molecule has 3 unspecified atom stereocenters. The smallest absolute Gasteiger partial charge is 0.315 e. The monoisotopic (exact) mass is 504 g/mol. The second kappa shape index (κ2) is 11.3. The van der Waals surface area contributed by atoms with Crippen LogP contribution in [0.2, 0.25) is 0 Å². The molecule has 0 radical (unpaired) electrons. The summed E-state index contributed by atoms with van der Waals surface area (Å²) in [5.74, 6) is -1.84. The van der Waals surface area contributed by atoms with Crippen LogP contribution in [0.15, 0.2) is 52.3 Å². The first-order chi connectivity index (χ1) is 16.2. The van der Waals surface area contributed by atoms with Crippen molar-refractivity contribution in [1.82, 2.24) is 10.6 Å². The fraction of sp³-hybridized carbons (Fsp3) is 0.440. The van der Waals surface area contributed by atoms with E-state index in [9.17, 15) is 18.0 Å². The van der Waals surface area contributed by atoms with Gasteiger partial charge in [0.1, 0.15) is 5.92 Å². The highest BCUT2D eigenvalue weighted by Gasteiger charge is 2.45. The maximum Gasteiger partial charge on any atom is 0.315 e. The Balaban J connectivity index is 1.98. The topological polar surface area (TPSA) is 102 Å². The van der Waals surface area contributed by atoms with E-state index in [4.69, 9.17) is 4.74 Å². The van der Waals surface area contributed by atoms with Crippen LogP contribution in [0.3, 0.4) is 0 Å². The maximum atomic E-state index is 13.3. The highest BCUT2D eigenvalue weighted by atomic mass is 32.2. The van der Waals surface area contributed by atoms with Gasteiger partial charge in [-0.2, -0.15) is 0 Å². The molecule has 2 N–H and O–H groups in total. The molecule has 2 aromatic rings. The van der Waals surface area contributed by atoms with Gasteiger partial charge in [0.2, 0.25) is 0 Å². The second-order valence-corrected chi connectivity index (χ2v) is 11.5. The summed E-state index contributed by atoms with van der Waals surface area (Å²) in [5.41, 5.74) is 2.57. The molecule has 3 rings (SSSR count). The molecule has 0 aromatic heterocycles. The summed E-state index contributed by atoms with van der Waals surface area (Å²) >= 11 is 1.54. The summed E-state index contributed by atoms with van der Waals surface area (Å²) in [6.07, 6.45) is 3.50. The first kappa shape index (κ1) is 26.1. The maximum absolute atomic E-state index is 13.3. The van der Waals surface area contributed by atoms with E-state index in [1.54, 1.807) is 30.0 Å². The number of urea groups is 1. The molecule has 9 heteroatoms. The summed E-state index contributed by atoms with van der Waals surface area (Å²) < 4.78 is 32.2. The Labute approximate surface area is 206 Å². The largest absolute Gasteiger partial charge is 0.465 e. The number of sulfone groups is 1. The highest BCUT2D eigenvalue weighted by molar-refractivity contribution is 7.98. The van der Waals surface area contributed by atoms with Crippen LogP contribution in [0.5, 0.6) is 0 Å². The number of thioether (sulfide) groups is 1. The van der Waals surface area contributed by atoms with Crippen molar-refractivity contribution in [3.05, 3.63) is 59.2 Å². The van der Waals surface area contributed by atoms with Crippen molar-refractivity contribution < 1.29 is 22.7 Å². The molecular weight excluding hydrogens is 472 g/mol. The van der Waals surface area contributed by atoms with E-state index in [1.165, 1.54) is 0 Å². The van der Waals surface area contributed by atoms with Crippen molar-refractivity contribution in [2.45, 2.75) is 55.5 Å². The zero-order valence-electron chi connectivity index (χ0n) is 20.0. The number of esters is 1. The number of rotatable bonds is 9. The lowest BCUT2D eigenvalue weighted by atomic mass is 9.86. The van der Waals surface area contributed by atoms with Gasteiger partial charge in [0, 0.05) is 4.90 Å². The Kier molecular flexibility index (Phi) is 8.65. The molecule has 7 nitrogen and oxygen atoms in total. The van der Waals surface area contributed by atoms with E-state index in [2.05, 4.69) is 10.6 Å². The van der Waals surface area contributed by atoms with Gasteiger partial charge in [-0.1, -0.05) is 31.5 Å². The third-order valence-electron chi connectivity index (χ3n) is 6.10. The summed E-state index contributed by atoms with van der Waals surface area (Å²) in [7, 11) is -3.79. The quantitative estimate of drug-likeness (QED) is 0.302. The number of aryl methyl sites for hydroxylation is 2. The number of hydrogen-bond donors (Lipinski definition) is 2. The van der Waals surface area contributed by atoms with Crippen LogP contribution in [0.4, 0.5) is 4.79 Å². The molecule has 1 heterocycles. The number of amides is 2. The molecule has 0 saturated carbocycles. The molecule has 0 aliphatic carbocycles. The van der Waals surface area contributed by atoms with E-state index < -0.39 is 45.6 Å². The molecule has 184 valence electrons. The number of unbranched alkanes of at least 4 members (excludes halogenated alkanes) is 1. The fourth-order valence-corrected chi connectivity index (χ4v) is 6.04. The van der Waals surface area contributed by atoms with Crippen LogP contribution in [0, 0.1) is 19.8 Å². The Hall–Kier alpha value is -2.52. The van der Waals surface area contributed by atoms with Crippen LogP contribution in [0.25, 0.3) is 0 Å². The molecule has 34 heavy (non-hydrogen) atoms. The third-order valence-corrected chi connectivity index (χ3v) is 8.59. The average molecular weight is 505 g/mol. The average Bonchev–Trinajstić information content (AvgIpc) is 2.80. The van der Waals surface area contributed by atoms with Crippen LogP contribution in [0.1, 0.15) is 42.5 Å². The molecule has 0 bridgehead atoms. The Morgan fingerprint density at radius 3 is 2.53 bits per heavy atom. The highest BCUT2D eigenvalue weighted by Crippen LogP contribution is 2.32. The standard InChI is InChI=1S/C25H32N2O5S2/c1-5-6-12-32-24(28)22-21(15-34(30,31)20-11-10-16(2)17(3)13-20)26-25(29)27-23(22)18-8-7-9-19(14-18)33-4/h7-11,13-14,21-23H,5-6,12,15H2,1-4H3,(H2,26,27,29). The molecule has 2 aromatic carbocycles. The van der Waals surface area contributed by atoms with Gasteiger partial charge in [-0.25, -0.2) is 13.2 Å². The zero-order valence-corrected chi connectivity index (χ0v) is 21.6. The predicted molar refractivity (Wildman–Crippen MR) is 134 cm³/mol. The van der Waals surface area contributed by atoms with Crippen molar-refractivity contribution in [1.29, 1.82) is 0 Å². The van der Waals surface area contributed by atoms with Gasteiger partial charge in [-0.05, 0) is 67.5 Å². The lowest BCUT2D eigenvalue weighted by Crippen LogP contribution is -2.60. The third kappa shape index (κ3) is 6.13. The number of nitrogens with one attached hydrogen (secondary N) is 2. The number of hydrogen-bond acceptors (Lipinski definition) is 6. The minimum absolute atomic E-state index is 0.169. The number of carbonyl (C=O) groups excluding carboxylic acids is 2. The van der Waals surface area contributed by atoms with Gasteiger partial charge in [0.05, 0.1) is 29.3 Å². The number of ether oxygens (including phenoxy) is 1. The molecule has 1 aliphatic heterocycles. The van der Waals surface area contributed by atoms with Gasteiger partial charge in [-0.3, -0.25) is 4.79 Å². The molecule has 3 atom stereocenters. The second-order valence-electron chi connectivity index (χ2n) is 8.55. The van der Waals surface area contributed by atoms with Gasteiger partial charge in [0.25, 0.3) is 0 Å². The minimum Gasteiger partial charge on any atom is -0.465 e. The molecule has 1 aliphatic rings. The van der Waals surface area contributed by atoms with E-state index in [0.717, 1.165) is 28.0 Å². The van der Waals surface area contributed by atoms with Crippen molar-refractivity contribution in [2.24, 2.45) is 5.92 Å². The van der Waals surface area contributed by atoms with Crippen molar-refractivity contribution in [3.63, 3.8) is 0 Å². The first-order valence-electron chi connectivity index (χ1n) is 11.3. The first-order valence-corrected chi connectivity index (χ1v) is 14.2. The summed E-state index contributed by atoms with van der Waals surface area (Å²) in [4.78, 5) is 27.0. The van der Waals surface area contributed by atoms with Crippen LogP contribution < -0.4 is 10.6 Å². The lowest BCUT2D eigenvalue weighted by Gasteiger charge is -2.38. The lowest BCUT2D eigenvalue weighted by molar-refractivity contribution is -0.151. The van der Waals surface area contributed by atoms with E-state index in [0.29, 0.717) is 6.42 Å². The van der Waals surface area contributed by atoms with Gasteiger partial charge < -0.3 is 15.4 Å². The van der Waals surface area contributed by atoms with Gasteiger partial charge in [0.15, 0.2) is 9.84 Å². The van der Waals surface area contributed by atoms with E-state index >= 15 is 0 Å². The zero-order chi connectivity index (χ0) is 24.9. The van der Waals surface area contributed by atoms with Crippen LogP contribution in [-0.4, -0.2) is 45.1 Å². The Bertz CT molecular complexity index is 1150. The summed E-state index contributed by atoms with van der Waals surface area (Å²) in [6.45, 7) is 6.00. The predicted octanol–water partition coefficient (Wildman–Crippen LogP) is 4.18. The van der Waals surface area contributed by atoms with Crippen molar-refractivity contribution in [2.75, 3.05) is 18.6 Å². The fourth-order valence-electron chi connectivity index (χ4n) is 3.99. The van der Waals surface area contributed by atoms with Crippen LogP contribution >= 0.6 is 11.8 Å². The number of benzene rings is 2. The van der Waals surface area contributed by atoms with E-state index in [-0.39, 0.29) is 11.5 Å². The van der Waals surface area contributed by atoms with Crippen molar-refractivity contribution >= 4 is 33.6 Å². The molecule has 1 saturated heterocycles. The summed E-state index contributed by atoms with van der Waals surface area (Å²) in [6, 6.07) is 10.3. The van der Waals surface area contributed by atoms with E-state index in [1.807, 2.05) is 51.3 Å². The normalized spacial score (nSPS) is 20.4. The van der Waals surface area contributed by atoms with Gasteiger partial charge in [-0.15, -0.1) is 11.8 Å². The SMILES string of the molecule is CCCCOC(=O)C1C(CS(=O)(=O)c2ccc(C)c(C)c2)NC(=O)NC1c1cccc(SC)c1. The Morgan fingerprint density at radius 1 is 1.09 bits per heavy atom. The molecule has 0 spiro atoms. The minimum atomic E-state index is -3.79. The Morgan fingerprint density at radius 2 is 1.85 bits per heavy atom. The number of carbonyl (C=O) groups is 2. The molecule has 1 fully saturated rings. The van der Waals surface area contributed by atoms with Crippen molar-refractivity contribution in [3.8, 4) is 0 Å².